The molecule has 1 saturated carbocycles. The first-order valence-electron chi connectivity index (χ1n) is 6.39. The summed E-state index contributed by atoms with van der Waals surface area (Å²) in [4.78, 5) is 13.7. The number of hydrogen-bond acceptors (Lipinski definition) is 3. The van der Waals surface area contributed by atoms with Crippen LogP contribution in [-0.4, -0.2) is 10.1 Å². The molecular formula is C14H17NO3. The second-order valence-corrected chi connectivity index (χ2v) is 5.53. The molecule has 96 valence electrons. The van der Waals surface area contributed by atoms with Crippen LogP contribution in [0.1, 0.15) is 44.3 Å². The van der Waals surface area contributed by atoms with E-state index in [0.717, 1.165) is 18.4 Å². The van der Waals surface area contributed by atoms with Gasteiger partial charge in [0.25, 0.3) is 0 Å². The maximum absolute atomic E-state index is 11.1. The van der Waals surface area contributed by atoms with Gasteiger partial charge in [-0.2, -0.15) is 0 Å². The van der Waals surface area contributed by atoms with E-state index in [1.165, 1.54) is 12.8 Å². The Morgan fingerprint density at radius 2 is 2.11 bits per heavy atom. The van der Waals surface area contributed by atoms with Crippen LogP contribution >= 0.6 is 0 Å². The normalized spacial score (nSPS) is 20.3. The molecule has 1 fully saturated rings. The summed E-state index contributed by atoms with van der Waals surface area (Å²) in [7, 11) is 0. The van der Waals surface area contributed by atoms with Crippen molar-refractivity contribution in [1.29, 1.82) is 0 Å². The number of hydrogen-bond donors (Lipinski definition) is 2. The van der Waals surface area contributed by atoms with E-state index in [9.17, 15) is 9.90 Å². The van der Waals surface area contributed by atoms with Crippen molar-refractivity contribution in [2.75, 3.05) is 0 Å². The molecule has 0 aliphatic heterocycles. The first-order valence-corrected chi connectivity index (χ1v) is 6.39. The Kier molecular flexibility index (Phi) is 2.55. The van der Waals surface area contributed by atoms with E-state index in [1.807, 2.05) is 6.07 Å². The zero-order chi connectivity index (χ0) is 12.8. The molecule has 1 aromatic heterocycles. The number of aromatic nitrogens is 1. The molecule has 0 amide bonds. The molecule has 18 heavy (non-hydrogen) atoms. The summed E-state index contributed by atoms with van der Waals surface area (Å²) in [6.45, 7) is 2.13. The number of aromatic amines is 1. The van der Waals surface area contributed by atoms with Crippen molar-refractivity contribution in [3.63, 3.8) is 0 Å². The highest BCUT2D eigenvalue weighted by molar-refractivity contribution is 5.72. The lowest BCUT2D eigenvalue weighted by Crippen LogP contribution is -2.21. The lowest BCUT2D eigenvalue weighted by Gasteiger charge is -2.30. The molecule has 2 N–H and O–H groups in total. The summed E-state index contributed by atoms with van der Waals surface area (Å²) in [5, 5.41) is 10.5. The Labute approximate surface area is 105 Å². The number of oxazole rings is 1. The average Bonchev–Trinajstić information content (AvgIpc) is 2.93. The Morgan fingerprint density at radius 1 is 1.39 bits per heavy atom. The van der Waals surface area contributed by atoms with Gasteiger partial charge in [-0.15, -0.1) is 0 Å². The van der Waals surface area contributed by atoms with E-state index in [2.05, 4.69) is 11.9 Å². The molecular weight excluding hydrogens is 230 g/mol. The van der Waals surface area contributed by atoms with Crippen LogP contribution in [0.15, 0.2) is 27.4 Å². The minimum absolute atomic E-state index is 0.0513. The average molecular weight is 247 g/mol. The third-order valence-corrected chi connectivity index (χ3v) is 4.17. The maximum Gasteiger partial charge on any atom is 0.417 e. The highest BCUT2D eigenvalue weighted by Crippen LogP contribution is 2.47. The molecule has 1 unspecified atom stereocenters. The van der Waals surface area contributed by atoms with Crippen LogP contribution in [0.2, 0.25) is 0 Å². The molecule has 1 atom stereocenters. The second kappa shape index (κ2) is 3.99. The van der Waals surface area contributed by atoms with Gasteiger partial charge in [-0.1, -0.05) is 25.8 Å². The lowest BCUT2D eigenvalue weighted by atomic mass is 9.79. The van der Waals surface area contributed by atoms with E-state index in [0.29, 0.717) is 11.1 Å². The molecule has 4 heteroatoms. The second-order valence-electron chi connectivity index (χ2n) is 5.53. The van der Waals surface area contributed by atoms with Gasteiger partial charge in [0.15, 0.2) is 5.58 Å². The highest BCUT2D eigenvalue weighted by atomic mass is 16.4. The Bertz CT molecular complexity index is 619. The van der Waals surface area contributed by atoms with Crippen molar-refractivity contribution in [2.45, 2.75) is 38.7 Å². The summed E-state index contributed by atoms with van der Waals surface area (Å²) < 4.78 is 5.03. The molecule has 0 saturated heterocycles. The molecule has 1 aromatic carbocycles. The molecule has 1 aliphatic rings. The first kappa shape index (κ1) is 11.5. The molecule has 4 nitrogen and oxygen atoms in total. The number of aliphatic hydroxyl groups is 1. The lowest BCUT2D eigenvalue weighted by molar-refractivity contribution is 0.0409. The van der Waals surface area contributed by atoms with Crippen molar-refractivity contribution in [3.8, 4) is 0 Å². The summed E-state index contributed by atoms with van der Waals surface area (Å²) >= 11 is 0. The third kappa shape index (κ3) is 1.77. The topological polar surface area (TPSA) is 66.2 Å². The van der Waals surface area contributed by atoms with Gasteiger partial charge in [-0.3, -0.25) is 4.98 Å². The fraction of sp³-hybridized carbons (Fsp3) is 0.500. The van der Waals surface area contributed by atoms with Gasteiger partial charge in [-0.25, -0.2) is 4.79 Å². The number of benzene rings is 1. The van der Waals surface area contributed by atoms with Gasteiger partial charge in [-0.05, 0) is 36.0 Å². The van der Waals surface area contributed by atoms with Crippen molar-refractivity contribution in [1.82, 2.24) is 4.98 Å². The van der Waals surface area contributed by atoms with Crippen LogP contribution in [0.25, 0.3) is 11.1 Å². The minimum atomic E-state index is -0.496. The summed E-state index contributed by atoms with van der Waals surface area (Å²) in [6.07, 6.45) is 3.95. The largest absolute Gasteiger partial charge is 0.417 e. The Morgan fingerprint density at radius 3 is 2.83 bits per heavy atom. The van der Waals surface area contributed by atoms with Crippen molar-refractivity contribution < 1.29 is 9.52 Å². The fourth-order valence-electron chi connectivity index (χ4n) is 2.99. The fourth-order valence-corrected chi connectivity index (χ4v) is 2.99. The SMILES string of the molecule is CC1(C(O)c2ccc3[nH]c(=O)oc3c2)CCCC1. The van der Waals surface area contributed by atoms with E-state index >= 15 is 0 Å². The zero-order valence-corrected chi connectivity index (χ0v) is 10.4. The number of aliphatic hydroxyl groups excluding tert-OH is 1. The molecule has 1 aliphatic carbocycles. The zero-order valence-electron chi connectivity index (χ0n) is 10.4. The van der Waals surface area contributed by atoms with Crippen LogP contribution < -0.4 is 5.76 Å². The first-order chi connectivity index (χ1) is 8.58. The number of H-pyrrole nitrogens is 1. The standard InChI is InChI=1S/C14H17NO3/c1-14(6-2-3-7-14)12(16)9-4-5-10-11(8-9)18-13(17)15-10/h4-5,8,12,16H,2-3,6-7H2,1H3,(H,15,17). The van der Waals surface area contributed by atoms with E-state index in [4.69, 9.17) is 4.42 Å². The quantitative estimate of drug-likeness (QED) is 0.857. The van der Waals surface area contributed by atoms with Gasteiger partial charge in [0.1, 0.15) is 0 Å². The van der Waals surface area contributed by atoms with Crippen molar-refractivity contribution in [2.24, 2.45) is 5.41 Å². The summed E-state index contributed by atoms with van der Waals surface area (Å²) in [5.74, 6) is -0.455. The van der Waals surface area contributed by atoms with E-state index < -0.39 is 11.9 Å². The van der Waals surface area contributed by atoms with E-state index in [1.54, 1.807) is 12.1 Å². The molecule has 0 spiro atoms. The smallest absolute Gasteiger partial charge is 0.408 e. The molecule has 0 bridgehead atoms. The van der Waals surface area contributed by atoms with Crippen LogP contribution in [0, 0.1) is 5.41 Å². The van der Waals surface area contributed by atoms with Gasteiger partial charge < -0.3 is 9.52 Å². The number of nitrogens with one attached hydrogen (secondary N) is 1. The summed E-state index contributed by atoms with van der Waals surface area (Å²) in [5.41, 5.74) is 1.96. The molecule has 0 radical (unpaired) electrons. The highest BCUT2D eigenvalue weighted by Gasteiger charge is 2.36. The third-order valence-electron chi connectivity index (χ3n) is 4.17. The molecule has 1 heterocycles. The Balaban J connectivity index is 2.00. The molecule has 3 rings (SSSR count). The molecule has 2 aromatic rings. The van der Waals surface area contributed by atoms with Gasteiger partial charge in [0, 0.05) is 0 Å². The van der Waals surface area contributed by atoms with Crippen LogP contribution in [0.3, 0.4) is 0 Å². The van der Waals surface area contributed by atoms with E-state index in [-0.39, 0.29) is 5.41 Å². The van der Waals surface area contributed by atoms with Crippen LogP contribution in [0.5, 0.6) is 0 Å². The van der Waals surface area contributed by atoms with Crippen LogP contribution in [-0.2, 0) is 0 Å². The predicted octanol–water partition coefficient (Wildman–Crippen LogP) is 2.73. The number of rotatable bonds is 2. The van der Waals surface area contributed by atoms with Gasteiger partial charge >= 0.3 is 5.76 Å². The predicted molar refractivity (Wildman–Crippen MR) is 68.4 cm³/mol. The maximum atomic E-state index is 11.1. The minimum Gasteiger partial charge on any atom is -0.408 e. The van der Waals surface area contributed by atoms with Gasteiger partial charge in [0.2, 0.25) is 0 Å². The summed E-state index contributed by atoms with van der Waals surface area (Å²) in [6, 6.07) is 5.42. The van der Waals surface area contributed by atoms with Crippen molar-refractivity contribution >= 4 is 11.1 Å². The monoisotopic (exact) mass is 247 g/mol. The van der Waals surface area contributed by atoms with Crippen molar-refractivity contribution in [3.05, 3.63) is 34.3 Å². The Hall–Kier alpha value is -1.55. The number of fused-ring (bicyclic) bond motifs is 1. The van der Waals surface area contributed by atoms with Crippen LogP contribution in [0.4, 0.5) is 0 Å². The van der Waals surface area contributed by atoms with Gasteiger partial charge in [0.05, 0.1) is 11.6 Å².